The first kappa shape index (κ1) is 11.9. The second kappa shape index (κ2) is 5.09. The van der Waals surface area contributed by atoms with Gasteiger partial charge in [0.2, 0.25) is 0 Å². The second-order valence-corrected chi connectivity index (χ2v) is 6.04. The molecule has 82 valence electrons. The molecule has 0 aromatic heterocycles. The molecular weight excluding hydrogens is 168 g/mol. The van der Waals surface area contributed by atoms with Crippen LogP contribution in [0.15, 0.2) is 0 Å². The Hall–Kier alpha value is -0.130. The number of rotatable bonds is 4. The minimum Gasteiger partial charge on any atom is -0.0628 e. The van der Waals surface area contributed by atoms with E-state index in [0.717, 1.165) is 5.92 Å². The van der Waals surface area contributed by atoms with Crippen LogP contribution in [0.25, 0.3) is 0 Å². The third kappa shape index (κ3) is 3.55. The van der Waals surface area contributed by atoms with Crippen molar-refractivity contribution in [1.29, 1.82) is 0 Å². The predicted molar refractivity (Wildman–Crippen MR) is 64.2 cm³/mol. The molecule has 1 aliphatic rings. The van der Waals surface area contributed by atoms with E-state index in [1.54, 1.807) is 5.92 Å². The van der Waals surface area contributed by atoms with E-state index in [1.807, 2.05) is 0 Å². The van der Waals surface area contributed by atoms with Crippen LogP contribution in [0.2, 0.25) is 0 Å². The third-order valence-corrected chi connectivity index (χ3v) is 3.48. The highest BCUT2D eigenvalue weighted by Crippen LogP contribution is 2.46. The van der Waals surface area contributed by atoms with Gasteiger partial charge in [-0.25, -0.2) is 0 Å². The predicted octanol–water partition coefficient (Wildman–Crippen LogP) is 4.99. The van der Waals surface area contributed by atoms with Gasteiger partial charge in [-0.15, -0.1) is 0 Å². The van der Waals surface area contributed by atoms with Gasteiger partial charge in [0.1, 0.15) is 0 Å². The Morgan fingerprint density at radius 2 is 1.64 bits per heavy atom. The zero-order chi connectivity index (χ0) is 10.6. The summed E-state index contributed by atoms with van der Waals surface area (Å²) >= 11 is 0. The summed E-state index contributed by atoms with van der Waals surface area (Å²) in [5, 5.41) is 0. The molecule has 1 fully saturated rings. The maximum atomic E-state index is 2.38. The van der Waals surface area contributed by atoms with Crippen LogP contribution in [-0.2, 0) is 0 Å². The summed E-state index contributed by atoms with van der Waals surface area (Å²) in [6.07, 6.45) is 10.2. The van der Waals surface area contributed by atoms with Crippen LogP contribution in [0.4, 0.5) is 0 Å². The molecule has 1 aliphatic carbocycles. The van der Waals surface area contributed by atoms with Crippen LogP contribution in [0.5, 0.6) is 0 Å². The quantitative estimate of drug-likeness (QED) is 0.554. The maximum absolute atomic E-state index is 2.38. The fraction of sp³-hybridized carbons (Fsp3) is 0.929. The maximum Gasteiger partial charge on any atom is 0.0950 e. The van der Waals surface area contributed by atoms with Crippen molar-refractivity contribution in [2.24, 2.45) is 11.3 Å². The zero-order valence-corrected chi connectivity index (χ0v) is 10.5. The Morgan fingerprint density at radius 3 is 2.07 bits per heavy atom. The summed E-state index contributed by atoms with van der Waals surface area (Å²) in [6, 6.07) is 0. The highest BCUT2D eigenvalue weighted by Gasteiger charge is 2.36. The molecule has 0 heteroatoms. The van der Waals surface area contributed by atoms with E-state index in [9.17, 15) is 0 Å². The molecule has 0 radical (unpaired) electrons. The standard InChI is InChI=1S/C14H27/c1-12(2)10-14(11-13(3)4)8-6-5-7-9-14/h12H,5-11H2,1-4H3/q+1. The van der Waals surface area contributed by atoms with Gasteiger partial charge in [-0.3, -0.25) is 0 Å². The van der Waals surface area contributed by atoms with Crippen molar-refractivity contribution in [2.45, 2.75) is 72.6 Å². The van der Waals surface area contributed by atoms with Crippen molar-refractivity contribution in [3.05, 3.63) is 5.92 Å². The average molecular weight is 195 g/mol. The third-order valence-electron chi connectivity index (χ3n) is 3.48. The highest BCUT2D eigenvalue weighted by molar-refractivity contribution is 4.93. The topological polar surface area (TPSA) is 0 Å². The molecule has 0 nitrogen and oxygen atoms in total. The molecule has 0 amide bonds. The van der Waals surface area contributed by atoms with Crippen molar-refractivity contribution in [1.82, 2.24) is 0 Å². The van der Waals surface area contributed by atoms with Crippen molar-refractivity contribution in [3.63, 3.8) is 0 Å². The molecule has 0 aromatic rings. The Labute approximate surface area is 90.5 Å². The molecule has 0 aromatic carbocycles. The summed E-state index contributed by atoms with van der Waals surface area (Å²) in [5.41, 5.74) is 0.686. The molecule has 0 unspecified atom stereocenters. The van der Waals surface area contributed by atoms with Crippen LogP contribution in [0.3, 0.4) is 0 Å². The Bertz CT molecular complexity index is 137. The fourth-order valence-corrected chi connectivity index (χ4v) is 3.37. The molecule has 1 saturated carbocycles. The lowest BCUT2D eigenvalue weighted by Crippen LogP contribution is -2.27. The molecule has 0 bridgehead atoms. The lowest BCUT2D eigenvalue weighted by atomic mass is 9.65. The molecule has 1 rings (SSSR count). The van der Waals surface area contributed by atoms with Crippen molar-refractivity contribution in [2.75, 3.05) is 0 Å². The average Bonchev–Trinajstić information content (AvgIpc) is 2.01. The Morgan fingerprint density at radius 1 is 1.07 bits per heavy atom. The minimum atomic E-state index is 0.686. The first-order valence-corrected chi connectivity index (χ1v) is 6.33. The Kier molecular flexibility index (Phi) is 4.34. The van der Waals surface area contributed by atoms with E-state index < -0.39 is 0 Å². The summed E-state index contributed by atoms with van der Waals surface area (Å²) in [5.74, 6) is 2.50. The van der Waals surface area contributed by atoms with Crippen LogP contribution in [0, 0.1) is 17.3 Å². The molecule has 0 saturated heterocycles. The van der Waals surface area contributed by atoms with Crippen LogP contribution in [0.1, 0.15) is 72.6 Å². The second-order valence-electron chi connectivity index (χ2n) is 6.04. The molecular formula is C14H27+. The van der Waals surface area contributed by atoms with E-state index in [4.69, 9.17) is 0 Å². The molecule has 0 atom stereocenters. The Balaban J connectivity index is 2.57. The summed E-state index contributed by atoms with van der Waals surface area (Å²) in [7, 11) is 0. The van der Waals surface area contributed by atoms with Gasteiger partial charge in [0.25, 0.3) is 0 Å². The molecule has 0 N–H and O–H groups in total. The molecule has 14 heavy (non-hydrogen) atoms. The van der Waals surface area contributed by atoms with E-state index in [-0.39, 0.29) is 0 Å². The molecule has 0 heterocycles. The minimum absolute atomic E-state index is 0.686. The summed E-state index contributed by atoms with van der Waals surface area (Å²) in [4.78, 5) is 0. The van der Waals surface area contributed by atoms with Crippen LogP contribution < -0.4 is 0 Å². The molecule has 0 aliphatic heterocycles. The lowest BCUT2D eigenvalue weighted by molar-refractivity contribution is 0.142. The fourth-order valence-electron chi connectivity index (χ4n) is 3.37. The summed E-state index contributed by atoms with van der Waals surface area (Å²) < 4.78 is 0. The van der Waals surface area contributed by atoms with E-state index in [2.05, 4.69) is 27.7 Å². The van der Waals surface area contributed by atoms with Gasteiger partial charge in [-0.1, -0.05) is 33.1 Å². The zero-order valence-electron chi connectivity index (χ0n) is 10.5. The SMILES string of the molecule is C[C+](C)CC1(CC(C)C)CCCCC1. The first-order chi connectivity index (χ1) is 6.54. The van der Waals surface area contributed by atoms with Gasteiger partial charge in [0.15, 0.2) is 0 Å². The van der Waals surface area contributed by atoms with Gasteiger partial charge in [-0.2, -0.15) is 0 Å². The largest absolute Gasteiger partial charge is 0.0950 e. The number of hydrogen-bond donors (Lipinski definition) is 0. The van der Waals surface area contributed by atoms with Crippen LogP contribution >= 0.6 is 0 Å². The molecule has 0 spiro atoms. The highest BCUT2D eigenvalue weighted by atomic mass is 14.4. The van der Waals surface area contributed by atoms with E-state index in [1.165, 1.54) is 44.9 Å². The smallest absolute Gasteiger partial charge is 0.0628 e. The van der Waals surface area contributed by atoms with Gasteiger partial charge >= 0.3 is 0 Å². The first-order valence-electron chi connectivity index (χ1n) is 6.33. The lowest BCUT2D eigenvalue weighted by Gasteiger charge is -2.36. The van der Waals surface area contributed by atoms with Gasteiger partial charge in [0, 0.05) is 5.41 Å². The van der Waals surface area contributed by atoms with Crippen LogP contribution in [-0.4, -0.2) is 0 Å². The van der Waals surface area contributed by atoms with Gasteiger partial charge in [0.05, 0.1) is 26.2 Å². The van der Waals surface area contributed by atoms with Gasteiger partial charge < -0.3 is 0 Å². The van der Waals surface area contributed by atoms with E-state index >= 15 is 0 Å². The summed E-state index contributed by atoms with van der Waals surface area (Å²) in [6.45, 7) is 9.36. The van der Waals surface area contributed by atoms with E-state index in [0.29, 0.717) is 5.41 Å². The van der Waals surface area contributed by atoms with Crippen molar-refractivity contribution in [3.8, 4) is 0 Å². The normalized spacial score (nSPS) is 21.2. The van der Waals surface area contributed by atoms with Gasteiger partial charge in [-0.05, 0) is 25.2 Å². The monoisotopic (exact) mass is 195 g/mol. The van der Waals surface area contributed by atoms with Crippen molar-refractivity contribution >= 4 is 0 Å². The van der Waals surface area contributed by atoms with Crippen molar-refractivity contribution < 1.29 is 0 Å². The number of hydrogen-bond acceptors (Lipinski definition) is 0.